The van der Waals surface area contributed by atoms with Gasteiger partial charge in [0.25, 0.3) is 11.8 Å². The Balaban J connectivity index is 1.61. The molecule has 0 atom stereocenters. The van der Waals surface area contributed by atoms with Crippen LogP contribution in [0.25, 0.3) is 11.1 Å². The van der Waals surface area contributed by atoms with Crippen molar-refractivity contribution in [2.75, 3.05) is 13.1 Å². The van der Waals surface area contributed by atoms with Gasteiger partial charge < -0.3 is 15.3 Å². The van der Waals surface area contributed by atoms with Crippen LogP contribution in [0.1, 0.15) is 43.8 Å². The fourth-order valence-corrected chi connectivity index (χ4v) is 4.82. The number of carboxylic acids is 1. The van der Waals surface area contributed by atoms with E-state index in [-0.39, 0.29) is 24.8 Å². The van der Waals surface area contributed by atoms with Crippen LogP contribution < -0.4 is 5.32 Å². The molecular formula is C33H31ClN2O4. The molecule has 7 heteroatoms. The number of hydrogen-bond donors (Lipinski definition) is 2. The van der Waals surface area contributed by atoms with Gasteiger partial charge in [0.1, 0.15) is 0 Å². The highest BCUT2D eigenvalue weighted by atomic mass is 35.5. The highest BCUT2D eigenvalue weighted by Crippen LogP contribution is 2.29. The van der Waals surface area contributed by atoms with E-state index in [4.69, 9.17) is 11.6 Å². The molecule has 0 heterocycles. The van der Waals surface area contributed by atoms with E-state index in [2.05, 4.69) is 5.32 Å². The molecule has 40 heavy (non-hydrogen) atoms. The standard InChI is InChI=1S/C33H31ClN2O4/c1-23-9-2-3-11-25(23)17-19-36(20-18-31(37)38)33(40)30-16-7-5-14-28(30)27-13-4-6-15-29(27)32(39)35-22-24-10-8-12-26(34)21-24/h2-16,21H,17-20,22H2,1H3,(H,35,39)(H,37,38). The van der Waals surface area contributed by atoms with Gasteiger partial charge in [0, 0.05) is 35.8 Å². The summed E-state index contributed by atoms with van der Waals surface area (Å²) in [5.74, 6) is -1.52. The molecule has 4 aromatic carbocycles. The Morgan fingerprint density at radius 2 is 1.45 bits per heavy atom. The van der Waals surface area contributed by atoms with Gasteiger partial charge in [-0.15, -0.1) is 0 Å². The third kappa shape index (κ3) is 7.36. The quantitative estimate of drug-likeness (QED) is 0.224. The molecule has 0 fully saturated rings. The molecule has 0 spiro atoms. The lowest BCUT2D eigenvalue weighted by Crippen LogP contribution is -2.35. The number of carboxylic acid groups (broad SMARTS) is 1. The van der Waals surface area contributed by atoms with E-state index in [1.165, 1.54) is 0 Å². The number of aliphatic carboxylic acids is 1. The Hall–Kier alpha value is -4.42. The van der Waals surface area contributed by atoms with E-state index >= 15 is 0 Å². The van der Waals surface area contributed by atoms with Gasteiger partial charge in [0.05, 0.1) is 6.42 Å². The van der Waals surface area contributed by atoms with Gasteiger partial charge in [0.2, 0.25) is 0 Å². The monoisotopic (exact) mass is 554 g/mol. The summed E-state index contributed by atoms with van der Waals surface area (Å²) in [6, 6.07) is 29.5. The first-order chi connectivity index (χ1) is 19.3. The van der Waals surface area contributed by atoms with Gasteiger partial charge in [-0.1, -0.05) is 84.4 Å². The molecule has 204 valence electrons. The lowest BCUT2D eigenvalue weighted by atomic mass is 9.94. The largest absolute Gasteiger partial charge is 0.481 e. The second-order valence-corrected chi connectivity index (χ2v) is 9.95. The van der Waals surface area contributed by atoms with Crippen molar-refractivity contribution in [3.8, 4) is 11.1 Å². The summed E-state index contributed by atoms with van der Waals surface area (Å²) >= 11 is 6.08. The van der Waals surface area contributed by atoms with Crippen LogP contribution in [0.4, 0.5) is 0 Å². The Morgan fingerprint density at radius 1 is 0.800 bits per heavy atom. The van der Waals surface area contributed by atoms with Crippen molar-refractivity contribution in [1.82, 2.24) is 10.2 Å². The van der Waals surface area contributed by atoms with Crippen molar-refractivity contribution < 1.29 is 19.5 Å². The van der Waals surface area contributed by atoms with Crippen LogP contribution in [0.5, 0.6) is 0 Å². The Bertz CT molecular complexity index is 1520. The molecule has 4 rings (SSSR count). The minimum absolute atomic E-state index is 0.0795. The summed E-state index contributed by atoms with van der Waals surface area (Å²) in [5, 5.41) is 12.9. The SMILES string of the molecule is Cc1ccccc1CCN(CCC(=O)O)C(=O)c1ccccc1-c1ccccc1C(=O)NCc1cccc(Cl)c1. The molecule has 0 saturated carbocycles. The molecule has 0 bridgehead atoms. The summed E-state index contributed by atoms with van der Waals surface area (Å²) < 4.78 is 0. The molecule has 0 aliphatic heterocycles. The third-order valence-corrected chi connectivity index (χ3v) is 6.99. The highest BCUT2D eigenvalue weighted by Gasteiger charge is 2.22. The number of benzene rings is 4. The molecular weight excluding hydrogens is 524 g/mol. The molecule has 0 saturated heterocycles. The number of nitrogens with zero attached hydrogens (tertiary/aromatic N) is 1. The van der Waals surface area contributed by atoms with Crippen molar-refractivity contribution in [2.45, 2.75) is 26.3 Å². The fraction of sp³-hybridized carbons (Fsp3) is 0.182. The molecule has 0 aromatic heterocycles. The number of aryl methyl sites for hydroxylation is 1. The van der Waals surface area contributed by atoms with Crippen molar-refractivity contribution in [2.24, 2.45) is 0 Å². The first kappa shape index (κ1) is 28.6. The Labute approximate surface area is 239 Å². The van der Waals surface area contributed by atoms with Gasteiger partial charge in [-0.3, -0.25) is 14.4 Å². The van der Waals surface area contributed by atoms with Crippen molar-refractivity contribution in [1.29, 1.82) is 0 Å². The van der Waals surface area contributed by atoms with Gasteiger partial charge in [-0.05, 0) is 65.4 Å². The minimum Gasteiger partial charge on any atom is -0.481 e. The van der Waals surface area contributed by atoms with Crippen molar-refractivity contribution in [3.63, 3.8) is 0 Å². The van der Waals surface area contributed by atoms with E-state index in [9.17, 15) is 19.5 Å². The second-order valence-electron chi connectivity index (χ2n) is 9.52. The fourth-order valence-electron chi connectivity index (χ4n) is 4.61. The first-order valence-electron chi connectivity index (χ1n) is 13.1. The second kappa shape index (κ2) is 13.6. The number of hydrogen-bond acceptors (Lipinski definition) is 3. The smallest absolute Gasteiger partial charge is 0.305 e. The zero-order valence-electron chi connectivity index (χ0n) is 22.3. The third-order valence-electron chi connectivity index (χ3n) is 6.76. The number of halogens is 1. The number of carbonyl (C=O) groups is 3. The predicted octanol–water partition coefficient (Wildman–Crippen LogP) is 6.41. The molecule has 0 aliphatic rings. The molecule has 4 aromatic rings. The van der Waals surface area contributed by atoms with E-state index < -0.39 is 5.97 Å². The van der Waals surface area contributed by atoms with E-state index in [1.54, 1.807) is 41.3 Å². The zero-order valence-corrected chi connectivity index (χ0v) is 23.0. The van der Waals surface area contributed by atoms with Crippen LogP contribution in [-0.4, -0.2) is 40.9 Å². The van der Waals surface area contributed by atoms with Gasteiger partial charge in [-0.2, -0.15) is 0 Å². The van der Waals surface area contributed by atoms with E-state index in [0.29, 0.717) is 46.8 Å². The number of carbonyl (C=O) groups excluding carboxylic acids is 2. The summed E-state index contributed by atoms with van der Waals surface area (Å²) in [7, 11) is 0. The predicted molar refractivity (Wildman–Crippen MR) is 158 cm³/mol. The molecule has 2 amide bonds. The summed E-state index contributed by atoms with van der Waals surface area (Å²) in [4.78, 5) is 40.2. The van der Waals surface area contributed by atoms with Crippen LogP contribution in [0.3, 0.4) is 0 Å². The maximum Gasteiger partial charge on any atom is 0.305 e. The van der Waals surface area contributed by atoms with Crippen LogP contribution in [0.2, 0.25) is 5.02 Å². The van der Waals surface area contributed by atoms with Crippen molar-refractivity contribution in [3.05, 3.63) is 130 Å². The van der Waals surface area contributed by atoms with E-state index in [0.717, 1.165) is 16.7 Å². The summed E-state index contributed by atoms with van der Waals surface area (Å²) in [6.07, 6.45) is 0.437. The van der Waals surface area contributed by atoms with Crippen molar-refractivity contribution >= 4 is 29.4 Å². The number of rotatable bonds is 11. The molecule has 2 N–H and O–H groups in total. The topological polar surface area (TPSA) is 86.7 Å². The Kier molecular flexibility index (Phi) is 9.71. The molecule has 0 aliphatic carbocycles. The molecule has 0 radical (unpaired) electrons. The van der Waals surface area contributed by atoms with Crippen LogP contribution in [-0.2, 0) is 17.8 Å². The number of nitrogens with one attached hydrogen (secondary N) is 1. The maximum absolute atomic E-state index is 13.9. The van der Waals surface area contributed by atoms with Crippen LogP contribution >= 0.6 is 11.6 Å². The minimum atomic E-state index is -0.969. The average Bonchev–Trinajstić information content (AvgIpc) is 2.96. The molecule has 0 unspecified atom stereocenters. The maximum atomic E-state index is 13.9. The van der Waals surface area contributed by atoms with Gasteiger partial charge >= 0.3 is 5.97 Å². The van der Waals surface area contributed by atoms with E-state index in [1.807, 2.05) is 67.6 Å². The average molecular weight is 555 g/mol. The first-order valence-corrected chi connectivity index (χ1v) is 13.5. The van der Waals surface area contributed by atoms with Gasteiger partial charge in [0.15, 0.2) is 0 Å². The van der Waals surface area contributed by atoms with Gasteiger partial charge in [-0.25, -0.2) is 0 Å². The lowest BCUT2D eigenvalue weighted by molar-refractivity contribution is -0.137. The zero-order chi connectivity index (χ0) is 28.5. The van der Waals surface area contributed by atoms with Crippen LogP contribution in [0, 0.1) is 6.92 Å². The highest BCUT2D eigenvalue weighted by molar-refractivity contribution is 6.30. The normalized spacial score (nSPS) is 10.7. The summed E-state index contributed by atoms with van der Waals surface area (Å²) in [5.41, 5.74) is 5.16. The molecule has 6 nitrogen and oxygen atoms in total. The lowest BCUT2D eigenvalue weighted by Gasteiger charge is -2.24. The summed E-state index contributed by atoms with van der Waals surface area (Å²) in [6.45, 7) is 2.77. The Morgan fingerprint density at radius 3 is 2.15 bits per heavy atom. The van der Waals surface area contributed by atoms with Crippen LogP contribution in [0.15, 0.2) is 97.1 Å². The number of amides is 2.